The van der Waals surface area contributed by atoms with E-state index in [4.69, 9.17) is 5.73 Å². The van der Waals surface area contributed by atoms with E-state index in [1.165, 1.54) is 5.56 Å². The van der Waals surface area contributed by atoms with Crippen LogP contribution in [0.25, 0.3) is 0 Å². The van der Waals surface area contributed by atoms with E-state index in [-0.39, 0.29) is 23.1 Å². The van der Waals surface area contributed by atoms with Crippen molar-refractivity contribution >= 4 is 11.8 Å². The highest BCUT2D eigenvalue weighted by molar-refractivity contribution is 5.94. The second-order valence-electron chi connectivity index (χ2n) is 6.82. The molecule has 4 heteroatoms. The summed E-state index contributed by atoms with van der Waals surface area (Å²) in [6, 6.07) is 7.75. The Kier molecular flexibility index (Phi) is 4.35. The summed E-state index contributed by atoms with van der Waals surface area (Å²) in [6.45, 7) is 7.57. The van der Waals surface area contributed by atoms with Gasteiger partial charge in [-0.3, -0.25) is 9.59 Å². The number of nitrogens with zero attached hydrogens (tertiary/aromatic N) is 1. The zero-order chi connectivity index (χ0) is 15.6. The smallest absolute Gasteiger partial charge is 0.253 e. The Morgan fingerprint density at radius 3 is 2.33 bits per heavy atom. The molecular weight excluding hydrogens is 264 g/mol. The van der Waals surface area contributed by atoms with Crippen LogP contribution in [0.15, 0.2) is 24.3 Å². The van der Waals surface area contributed by atoms with Crippen molar-refractivity contribution in [3.8, 4) is 0 Å². The third-order valence-corrected chi connectivity index (χ3v) is 4.11. The first-order valence-electron chi connectivity index (χ1n) is 7.48. The highest BCUT2D eigenvalue weighted by Gasteiger charge is 2.27. The van der Waals surface area contributed by atoms with Gasteiger partial charge in [0.1, 0.15) is 0 Å². The average molecular weight is 288 g/mol. The van der Waals surface area contributed by atoms with Gasteiger partial charge in [0, 0.05) is 18.7 Å². The summed E-state index contributed by atoms with van der Waals surface area (Å²) in [5.41, 5.74) is 7.31. The molecule has 1 aromatic rings. The topological polar surface area (TPSA) is 63.4 Å². The predicted octanol–water partition coefficient (Wildman–Crippen LogP) is 2.32. The molecule has 114 valence electrons. The maximum absolute atomic E-state index is 12.5. The minimum atomic E-state index is -0.310. The lowest BCUT2D eigenvalue weighted by atomic mass is 9.86. The molecule has 1 heterocycles. The molecule has 1 atom stereocenters. The van der Waals surface area contributed by atoms with Gasteiger partial charge in [-0.05, 0) is 36.0 Å². The lowest BCUT2D eigenvalue weighted by Gasteiger charge is -2.31. The van der Waals surface area contributed by atoms with Crippen LogP contribution in [0.1, 0.15) is 49.5 Å². The van der Waals surface area contributed by atoms with Crippen molar-refractivity contribution in [3.63, 3.8) is 0 Å². The summed E-state index contributed by atoms with van der Waals surface area (Å²) in [4.78, 5) is 25.5. The molecule has 4 nitrogen and oxygen atoms in total. The Morgan fingerprint density at radius 1 is 1.19 bits per heavy atom. The van der Waals surface area contributed by atoms with E-state index in [0.717, 1.165) is 12.8 Å². The van der Waals surface area contributed by atoms with Gasteiger partial charge < -0.3 is 10.6 Å². The highest BCUT2D eigenvalue weighted by atomic mass is 16.2. The van der Waals surface area contributed by atoms with E-state index >= 15 is 0 Å². The van der Waals surface area contributed by atoms with Gasteiger partial charge in [-0.25, -0.2) is 0 Å². The Morgan fingerprint density at radius 2 is 1.81 bits per heavy atom. The number of rotatable bonds is 2. The highest BCUT2D eigenvalue weighted by Crippen LogP contribution is 2.23. The molecule has 2 N–H and O–H groups in total. The van der Waals surface area contributed by atoms with Crippen LogP contribution in [0.4, 0.5) is 0 Å². The molecule has 0 bridgehead atoms. The summed E-state index contributed by atoms with van der Waals surface area (Å²) in [5, 5.41) is 0. The summed E-state index contributed by atoms with van der Waals surface area (Å²) in [7, 11) is 0. The second-order valence-corrected chi connectivity index (χ2v) is 6.82. The minimum absolute atomic E-state index is 0.0126. The van der Waals surface area contributed by atoms with E-state index in [9.17, 15) is 9.59 Å². The largest absolute Gasteiger partial charge is 0.369 e. The van der Waals surface area contributed by atoms with Gasteiger partial charge in [0.2, 0.25) is 5.91 Å². The van der Waals surface area contributed by atoms with Crippen LogP contribution >= 0.6 is 0 Å². The molecule has 1 aromatic carbocycles. The maximum atomic E-state index is 12.5. The first-order chi connectivity index (χ1) is 9.79. The number of hydrogen-bond donors (Lipinski definition) is 1. The van der Waals surface area contributed by atoms with Crippen LogP contribution < -0.4 is 5.73 Å². The van der Waals surface area contributed by atoms with Crippen LogP contribution in [-0.2, 0) is 10.2 Å². The number of amides is 2. The average Bonchev–Trinajstić information content (AvgIpc) is 2.46. The van der Waals surface area contributed by atoms with Crippen LogP contribution in [0.2, 0.25) is 0 Å². The maximum Gasteiger partial charge on any atom is 0.253 e. The predicted molar refractivity (Wildman–Crippen MR) is 83.0 cm³/mol. The van der Waals surface area contributed by atoms with Crippen molar-refractivity contribution in [2.75, 3.05) is 13.1 Å². The second kappa shape index (κ2) is 5.88. The number of nitrogens with two attached hydrogens (primary N) is 1. The molecule has 0 spiro atoms. The number of carbonyl (C=O) groups excluding carboxylic acids is 2. The summed E-state index contributed by atoms with van der Waals surface area (Å²) in [5.74, 6) is -0.534. The van der Waals surface area contributed by atoms with Gasteiger partial charge in [-0.1, -0.05) is 32.9 Å². The molecule has 21 heavy (non-hydrogen) atoms. The molecule has 1 saturated heterocycles. The fourth-order valence-electron chi connectivity index (χ4n) is 2.69. The van der Waals surface area contributed by atoms with Gasteiger partial charge in [-0.15, -0.1) is 0 Å². The molecule has 0 aliphatic carbocycles. The Labute approximate surface area is 126 Å². The van der Waals surface area contributed by atoms with Crippen molar-refractivity contribution in [3.05, 3.63) is 35.4 Å². The number of benzene rings is 1. The van der Waals surface area contributed by atoms with Crippen LogP contribution in [0.3, 0.4) is 0 Å². The van der Waals surface area contributed by atoms with Gasteiger partial charge in [0.05, 0.1) is 5.92 Å². The normalized spacial score (nSPS) is 19.4. The quantitative estimate of drug-likeness (QED) is 0.907. The van der Waals surface area contributed by atoms with Gasteiger partial charge in [0.25, 0.3) is 5.91 Å². The third kappa shape index (κ3) is 3.63. The fraction of sp³-hybridized carbons (Fsp3) is 0.529. The molecule has 2 rings (SSSR count). The summed E-state index contributed by atoms with van der Waals surface area (Å²) < 4.78 is 0. The minimum Gasteiger partial charge on any atom is -0.369 e. The summed E-state index contributed by atoms with van der Waals surface area (Å²) >= 11 is 0. The molecule has 1 fully saturated rings. The molecule has 2 amide bonds. The van der Waals surface area contributed by atoms with E-state index < -0.39 is 0 Å². The van der Waals surface area contributed by atoms with Crippen molar-refractivity contribution in [1.29, 1.82) is 0 Å². The zero-order valence-corrected chi connectivity index (χ0v) is 13.1. The Hall–Kier alpha value is -1.84. The number of hydrogen-bond acceptors (Lipinski definition) is 2. The standard InChI is InChI=1S/C17H24N2O2/c1-17(2,3)14-8-6-12(7-9-14)16(21)19-10-4-5-13(11-19)15(18)20/h6-9,13H,4-5,10-11H2,1-3H3,(H2,18,20)/t13-/m1/s1. The van der Waals surface area contributed by atoms with Crippen LogP contribution in [0, 0.1) is 5.92 Å². The van der Waals surface area contributed by atoms with E-state index in [0.29, 0.717) is 18.7 Å². The van der Waals surface area contributed by atoms with E-state index in [1.807, 2.05) is 24.3 Å². The lowest BCUT2D eigenvalue weighted by molar-refractivity contribution is -0.123. The van der Waals surface area contributed by atoms with Crippen molar-refractivity contribution < 1.29 is 9.59 Å². The molecule has 1 aliphatic heterocycles. The van der Waals surface area contributed by atoms with E-state index in [1.54, 1.807) is 4.90 Å². The SMILES string of the molecule is CC(C)(C)c1ccc(C(=O)N2CCC[C@@H](C(N)=O)C2)cc1. The molecular formula is C17H24N2O2. The Bertz CT molecular complexity index is 529. The molecule has 0 radical (unpaired) electrons. The lowest BCUT2D eigenvalue weighted by Crippen LogP contribution is -2.44. The fourth-order valence-corrected chi connectivity index (χ4v) is 2.69. The van der Waals surface area contributed by atoms with Crippen molar-refractivity contribution in [2.45, 2.75) is 39.0 Å². The number of primary amides is 1. The van der Waals surface area contributed by atoms with E-state index in [2.05, 4.69) is 20.8 Å². The number of carbonyl (C=O) groups is 2. The number of piperidine rings is 1. The monoisotopic (exact) mass is 288 g/mol. The summed E-state index contributed by atoms with van der Waals surface area (Å²) in [6.07, 6.45) is 1.61. The van der Waals surface area contributed by atoms with Crippen molar-refractivity contribution in [2.24, 2.45) is 11.7 Å². The molecule has 0 aromatic heterocycles. The van der Waals surface area contributed by atoms with Crippen molar-refractivity contribution in [1.82, 2.24) is 4.90 Å². The van der Waals surface area contributed by atoms with Crippen LogP contribution in [-0.4, -0.2) is 29.8 Å². The molecule has 0 saturated carbocycles. The third-order valence-electron chi connectivity index (χ3n) is 4.11. The molecule has 1 aliphatic rings. The van der Waals surface area contributed by atoms with Gasteiger partial charge in [-0.2, -0.15) is 0 Å². The van der Waals surface area contributed by atoms with Gasteiger partial charge in [0.15, 0.2) is 0 Å². The first-order valence-corrected chi connectivity index (χ1v) is 7.48. The molecule has 0 unspecified atom stereocenters. The number of likely N-dealkylation sites (tertiary alicyclic amines) is 1. The first kappa shape index (κ1) is 15.5. The van der Waals surface area contributed by atoms with Crippen LogP contribution in [0.5, 0.6) is 0 Å². The van der Waals surface area contributed by atoms with Gasteiger partial charge >= 0.3 is 0 Å². The Balaban J connectivity index is 2.11. The zero-order valence-electron chi connectivity index (χ0n) is 13.1.